The summed E-state index contributed by atoms with van der Waals surface area (Å²) in [5.41, 5.74) is 0. The van der Waals surface area contributed by atoms with Gasteiger partial charge in [-0.05, 0) is 19.9 Å². The van der Waals surface area contributed by atoms with Crippen LogP contribution in [0.15, 0.2) is 0 Å². The molecule has 78 valence electrons. The fourth-order valence-corrected chi connectivity index (χ4v) is 1.15. The highest BCUT2D eigenvalue weighted by Gasteiger charge is 2.07. The molecule has 0 fully saturated rings. The summed E-state index contributed by atoms with van der Waals surface area (Å²) in [5.74, 6) is 0.182. The van der Waals surface area contributed by atoms with Crippen molar-refractivity contribution in [3.8, 4) is 0 Å². The molecule has 0 aromatic heterocycles. The second kappa shape index (κ2) is 8.20. The lowest BCUT2D eigenvalue weighted by atomic mass is 10.2. The van der Waals surface area contributed by atoms with Crippen LogP contribution in [0.1, 0.15) is 33.6 Å². The lowest BCUT2D eigenvalue weighted by molar-refractivity contribution is -0.124. The highest BCUT2D eigenvalue weighted by Crippen LogP contribution is 1.93. The number of nitrogens with one attached hydrogen (secondary N) is 1. The van der Waals surface area contributed by atoms with Gasteiger partial charge in [-0.15, -0.1) is 0 Å². The summed E-state index contributed by atoms with van der Waals surface area (Å²) in [6, 6.07) is 0.266. The van der Waals surface area contributed by atoms with Crippen LogP contribution < -0.4 is 5.32 Å². The second-order valence-corrected chi connectivity index (χ2v) is 3.25. The SMILES string of the molecule is CCCOCC(=O)CC(C)NCC. The number of rotatable bonds is 8. The molecule has 0 rings (SSSR count). The van der Waals surface area contributed by atoms with Crippen molar-refractivity contribution < 1.29 is 9.53 Å². The molecule has 0 spiro atoms. The van der Waals surface area contributed by atoms with Gasteiger partial charge in [0.05, 0.1) is 0 Å². The molecule has 1 atom stereocenters. The Hall–Kier alpha value is -0.410. The van der Waals surface area contributed by atoms with Crippen LogP contribution in [-0.2, 0) is 9.53 Å². The third kappa shape index (κ3) is 7.94. The zero-order chi connectivity index (χ0) is 10.1. The Labute approximate surface area is 80.8 Å². The van der Waals surface area contributed by atoms with Gasteiger partial charge in [-0.1, -0.05) is 13.8 Å². The topological polar surface area (TPSA) is 38.3 Å². The molecular weight excluding hydrogens is 166 g/mol. The van der Waals surface area contributed by atoms with E-state index in [-0.39, 0.29) is 18.4 Å². The van der Waals surface area contributed by atoms with E-state index in [1.54, 1.807) is 0 Å². The van der Waals surface area contributed by atoms with E-state index in [9.17, 15) is 4.79 Å². The first-order valence-corrected chi connectivity index (χ1v) is 5.03. The molecule has 0 aliphatic carbocycles. The zero-order valence-corrected chi connectivity index (χ0v) is 8.93. The zero-order valence-electron chi connectivity index (χ0n) is 8.93. The van der Waals surface area contributed by atoms with Crippen LogP contribution >= 0.6 is 0 Å². The largest absolute Gasteiger partial charge is 0.374 e. The number of ketones is 1. The minimum Gasteiger partial charge on any atom is -0.374 e. The van der Waals surface area contributed by atoms with Gasteiger partial charge in [0.2, 0.25) is 0 Å². The molecule has 0 heterocycles. The van der Waals surface area contributed by atoms with Gasteiger partial charge in [0, 0.05) is 19.1 Å². The Morgan fingerprint density at radius 2 is 2.15 bits per heavy atom. The summed E-state index contributed by atoms with van der Waals surface area (Å²) in [7, 11) is 0. The lowest BCUT2D eigenvalue weighted by Gasteiger charge is -2.10. The molecule has 1 N–H and O–H groups in total. The average Bonchev–Trinajstić information content (AvgIpc) is 2.05. The van der Waals surface area contributed by atoms with Gasteiger partial charge in [0.1, 0.15) is 6.61 Å². The van der Waals surface area contributed by atoms with Crippen LogP contribution in [-0.4, -0.2) is 31.6 Å². The van der Waals surface area contributed by atoms with Crippen LogP contribution in [0.5, 0.6) is 0 Å². The Balaban J connectivity index is 3.38. The maximum atomic E-state index is 11.2. The second-order valence-electron chi connectivity index (χ2n) is 3.25. The molecule has 0 saturated carbocycles. The summed E-state index contributed by atoms with van der Waals surface area (Å²) in [6.45, 7) is 7.94. The van der Waals surface area contributed by atoms with E-state index in [4.69, 9.17) is 4.74 Å². The summed E-state index contributed by atoms with van der Waals surface area (Å²) in [5, 5.41) is 3.19. The molecule has 0 saturated heterocycles. The van der Waals surface area contributed by atoms with Gasteiger partial charge in [-0.2, -0.15) is 0 Å². The number of hydrogen-bond acceptors (Lipinski definition) is 3. The summed E-state index contributed by atoms with van der Waals surface area (Å²) < 4.78 is 5.15. The van der Waals surface area contributed by atoms with E-state index < -0.39 is 0 Å². The number of ether oxygens (including phenoxy) is 1. The van der Waals surface area contributed by atoms with Gasteiger partial charge >= 0.3 is 0 Å². The van der Waals surface area contributed by atoms with Crippen molar-refractivity contribution in [2.24, 2.45) is 0 Å². The predicted molar refractivity (Wildman–Crippen MR) is 53.9 cm³/mol. The molecule has 0 aromatic carbocycles. The average molecular weight is 187 g/mol. The van der Waals surface area contributed by atoms with E-state index in [2.05, 4.69) is 5.32 Å². The van der Waals surface area contributed by atoms with Crippen LogP contribution in [0.3, 0.4) is 0 Å². The van der Waals surface area contributed by atoms with Crippen molar-refractivity contribution in [1.82, 2.24) is 5.32 Å². The minimum atomic E-state index is 0.182. The monoisotopic (exact) mass is 187 g/mol. The molecule has 1 unspecified atom stereocenters. The first kappa shape index (κ1) is 12.6. The Bertz CT molecular complexity index is 137. The van der Waals surface area contributed by atoms with Crippen molar-refractivity contribution >= 4 is 5.78 Å². The molecular formula is C10H21NO2. The van der Waals surface area contributed by atoms with Crippen molar-refractivity contribution in [3.05, 3.63) is 0 Å². The number of carbonyl (C=O) groups is 1. The molecule has 0 aliphatic heterocycles. The first-order chi connectivity index (χ1) is 6.20. The van der Waals surface area contributed by atoms with Crippen LogP contribution in [0.25, 0.3) is 0 Å². The molecule has 0 bridgehead atoms. The van der Waals surface area contributed by atoms with Gasteiger partial charge in [0.25, 0.3) is 0 Å². The predicted octanol–water partition coefficient (Wildman–Crippen LogP) is 1.37. The van der Waals surface area contributed by atoms with E-state index >= 15 is 0 Å². The Kier molecular flexibility index (Phi) is 7.94. The fourth-order valence-electron chi connectivity index (χ4n) is 1.15. The number of hydrogen-bond donors (Lipinski definition) is 1. The quantitative estimate of drug-likeness (QED) is 0.583. The van der Waals surface area contributed by atoms with E-state index in [0.29, 0.717) is 13.0 Å². The highest BCUT2D eigenvalue weighted by atomic mass is 16.5. The van der Waals surface area contributed by atoms with Gasteiger partial charge in [0.15, 0.2) is 5.78 Å². The standard InChI is InChI=1S/C10H21NO2/c1-4-6-13-8-10(12)7-9(3)11-5-2/h9,11H,4-8H2,1-3H3. The van der Waals surface area contributed by atoms with Gasteiger partial charge < -0.3 is 10.1 Å². The molecule has 3 heteroatoms. The molecule has 0 aliphatic rings. The maximum absolute atomic E-state index is 11.2. The minimum absolute atomic E-state index is 0.182. The third-order valence-electron chi connectivity index (χ3n) is 1.70. The van der Waals surface area contributed by atoms with E-state index in [1.165, 1.54) is 0 Å². The summed E-state index contributed by atoms with van der Waals surface area (Å²) >= 11 is 0. The van der Waals surface area contributed by atoms with E-state index in [1.807, 2.05) is 20.8 Å². The third-order valence-corrected chi connectivity index (χ3v) is 1.70. The fraction of sp³-hybridized carbons (Fsp3) is 0.900. The van der Waals surface area contributed by atoms with Crippen LogP contribution in [0, 0.1) is 0 Å². The number of Topliss-reactive ketones (excluding diaryl/α,β-unsaturated/α-hetero) is 1. The van der Waals surface area contributed by atoms with Gasteiger partial charge in [-0.3, -0.25) is 4.79 Å². The Morgan fingerprint density at radius 1 is 1.46 bits per heavy atom. The van der Waals surface area contributed by atoms with Crippen molar-refractivity contribution in [2.75, 3.05) is 19.8 Å². The smallest absolute Gasteiger partial charge is 0.160 e. The molecule has 0 aromatic rings. The Morgan fingerprint density at radius 3 is 2.69 bits per heavy atom. The van der Waals surface area contributed by atoms with Crippen molar-refractivity contribution in [1.29, 1.82) is 0 Å². The van der Waals surface area contributed by atoms with Crippen molar-refractivity contribution in [3.63, 3.8) is 0 Å². The highest BCUT2D eigenvalue weighted by molar-refractivity contribution is 5.80. The normalized spacial score (nSPS) is 12.8. The maximum Gasteiger partial charge on any atom is 0.160 e. The summed E-state index contributed by atoms with van der Waals surface area (Å²) in [6.07, 6.45) is 1.54. The molecule has 0 radical (unpaired) electrons. The van der Waals surface area contributed by atoms with E-state index in [0.717, 1.165) is 13.0 Å². The summed E-state index contributed by atoms with van der Waals surface area (Å²) in [4.78, 5) is 11.2. The van der Waals surface area contributed by atoms with Crippen LogP contribution in [0.2, 0.25) is 0 Å². The lowest BCUT2D eigenvalue weighted by Crippen LogP contribution is -2.29. The van der Waals surface area contributed by atoms with Crippen LogP contribution in [0.4, 0.5) is 0 Å². The molecule has 13 heavy (non-hydrogen) atoms. The van der Waals surface area contributed by atoms with Crippen molar-refractivity contribution in [2.45, 2.75) is 39.7 Å². The number of carbonyl (C=O) groups excluding carboxylic acids is 1. The first-order valence-electron chi connectivity index (χ1n) is 5.03. The molecule has 3 nitrogen and oxygen atoms in total. The van der Waals surface area contributed by atoms with Gasteiger partial charge in [-0.25, -0.2) is 0 Å². The molecule has 0 amide bonds.